The summed E-state index contributed by atoms with van der Waals surface area (Å²) in [6, 6.07) is 0. The van der Waals surface area contributed by atoms with Gasteiger partial charge in [-0.05, 0) is 12.8 Å². The molecule has 0 N–H and O–H groups in total. The largest absolute Gasteiger partial charge is 0.294 e. The normalized spacial score (nSPS) is 10.2. The Balaban J connectivity index is 2.80. The van der Waals surface area contributed by atoms with Gasteiger partial charge in [0.05, 0.1) is 0 Å². The Kier molecular flexibility index (Phi) is 6.16. The van der Waals surface area contributed by atoms with Gasteiger partial charge in [0.1, 0.15) is 0 Å². The number of allylic oxidation sites excluding steroid dienone is 1. The van der Waals surface area contributed by atoms with E-state index in [9.17, 15) is 0 Å². The third-order valence-electron chi connectivity index (χ3n) is 0.799. The molecule has 0 heterocycles. The van der Waals surface area contributed by atoms with Crippen molar-refractivity contribution >= 4 is 0 Å². The maximum Gasteiger partial charge on any atom is 0.0386 e. The fourth-order valence-electron chi connectivity index (χ4n) is 0.384. The molecule has 0 saturated heterocycles. The maximum atomic E-state index is 4.10. The molecule has 0 fully saturated rings. The summed E-state index contributed by atoms with van der Waals surface area (Å²) in [5.41, 5.74) is 0. The summed E-state index contributed by atoms with van der Waals surface area (Å²) in [6.45, 7) is 5.21. The van der Waals surface area contributed by atoms with Crippen molar-refractivity contribution in [1.29, 1.82) is 0 Å². The van der Waals surface area contributed by atoms with Crippen LogP contribution in [0.15, 0.2) is 12.3 Å². The molecule has 1 heteroatoms. The van der Waals surface area contributed by atoms with E-state index in [0.717, 1.165) is 19.4 Å². The van der Waals surface area contributed by atoms with Crippen LogP contribution in [0.3, 0.4) is 0 Å². The van der Waals surface area contributed by atoms with E-state index < -0.39 is 0 Å². The molecule has 0 rings (SSSR count). The first kappa shape index (κ1) is 7.54. The summed E-state index contributed by atoms with van der Waals surface area (Å²) < 4.78 is 0. The number of hydrogen-bond acceptors (Lipinski definition) is 0. The second-order valence-corrected chi connectivity index (χ2v) is 1.70. The lowest BCUT2D eigenvalue weighted by Crippen LogP contribution is -1.94. The van der Waals surface area contributed by atoms with Gasteiger partial charge in [0.2, 0.25) is 0 Å². The summed E-state index contributed by atoms with van der Waals surface area (Å²) >= 11 is 0. The maximum absolute atomic E-state index is 4.10. The molecule has 8 heavy (non-hydrogen) atoms. The molecule has 0 bridgehead atoms. The van der Waals surface area contributed by atoms with Crippen molar-refractivity contribution in [2.75, 3.05) is 6.54 Å². The number of hydrogen-bond donors (Lipinski definition) is 0. The van der Waals surface area contributed by atoms with Crippen LogP contribution < -0.4 is 5.32 Å². The molecule has 0 saturated carbocycles. The Morgan fingerprint density at radius 1 is 1.38 bits per heavy atom. The standard InChI is InChI=1S/C7H14N/c1-3-5-7-8-6-4-2/h5,7H,3-4,6H2,1-2H3. The quantitative estimate of drug-likeness (QED) is 0.493. The van der Waals surface area contributed by atoms with E-state index in [1.54, 1.807) is 0 Å². The molecule has 0 unspecified atom stereocenters. The average Bonchev–Trinajstić information content (AvgIpc) is 1.81. The van der Waals surface area contributed by atoms with Crippen molar-refractivity contribution in [3.8, 4) is 0 Å². The van der Waals surface area contributed by atoms with Gasteiger partial charge in [-0.25, -0.2) is 0 Å². The smallest absolute Gasteiger partial charge is 0.0386 e. The molecule has 0 aliphatic carbocycles. The number of nitrogens with zero attached hydrogens (tertiary/aromatic N) is 1. The van der Waals surface area contributed by atoms with Crippen LogP contribution in [-0.4, -0.2) is 6.54 Å². The van der Waals surface area contributed by atoms with Crippen LogP contribution in [0, 0.1) is 0 Å². The second-order valence-electron chi connectivity index (χ2n) is 1.70. The zero-order valence-electron chi connectivity index (χ0n) is 5.72. The van der Waals surface area contributed by atoms with Crippen molar-refractivity contribution in [1.82, 2.24) is 5.32 Å². The molecule has 1 nitrogen and oxygen atoms in total. The van der Waals surface area contributed by atoms with E-state index in [1.165, 1.54) is 0 Å². The van der Waals surface area contributed by atoms with Gasteiger partial charge in [0.15, 0.2) is 0 Å². The summed E-state index contributed by atoms with van der Waals surface area (Å²) in [4.78, 5) is 0. The van der Waals surface area contributed by atoms with Gasteiger partial charge in [0, 0.05) is 12.7 Å². The van der Waals surface area contributed by atoms with Crippen molar-refractivity contribution in [3.63, 3.8) is 0 Å². The zero-order valence-corrected chi connectivity index (χ0v) is 5.72. The molecule has 0 aromatic carbocycles. The van der Waals surface area contributed by atoms with E-state index in [0.29, 0.717) is 0 Å². The lowest BCUT2D eigenvalue weighted by molar-refractivity contribution is 0.793. The van der Waals surface area contributed by atoms with Crippen molar-refractivity contribution in [3.05, 3.63) is 12.3 Å². The minimum Gasteiger partial charge on any atom is -0.294 e. The molecule has 0 spiro atoms. The predicted octanol–water partition coefficient (Wildman–Crippen LogP) is 1.92. The molecule has 0 amide bonds. The topological polar surface area (TPSA) is 14.1 Å². The first-order valence-electron chi connectivity index (χ1n) is 3.23. The van der Waals surface area contributed by atoms with E-state index in [2.05, 4.69) is 25.2 Å². The average molecular weight is 112 g/mol. The fourth-order valence-corrected chi connectivity index (χ4v) is 0.384. The molecular formula is C7H14N. The van der Waals surface area contributed by atoms with Crippen LogP contribution in [-0.2, 0) is 0 Å². The Labute approximate surface area is 51.8 Å². The van der Waals surface area contributed by atoms with Gasteiger partial charge in [-0.1, -0.05) is 19.9 Å². The van der Waals surface area contributed by atoms with E-state index in [1.807, 2.05) is 6.20 Å². The molecule has 0 atom stereocenters. The van der Waals surface area contributed by atoms with Crippen LogP contribution in [0.4, 0.5) is 0 Å². The van der Waals surface area contributed by atoms with Gasteiger partial charge >= 0.3 is 0 Å². The molecule has 0 aliphatic rings. The Morgan fingerprint density at radius 3 is 2.62 bits per heavy atom. The van der Waals surface area contributed by atoms with E-state index in [-0.39, 0.29) is 0 Å². The van der Waals surface area contributed by atoms with E-state index >= 15 is 0 Å². The molecule has 0 aromatic rings. The molecule has 1 radical (unpaired) electrons. The van der Waals surface area contributed by atoms with Crippen molar-refractivity contribution < 1.29 is 0 Å². The van der Waals surface area contributed by atoms with Crippen LogP contribution >= 0.6 is 0 Å². The lowest BCUT2D eigenvalue weighted by Gasteiger charge is -1.88. The van der Waals surface area contributed by atoms with Gasteiger partial charge in [-0.3, -0.25) is 5.32 Å². The lowest BCUT2D eigenvalue weighted by atomic mass is 10.4. The highest BCUT2D eigenvalue weighted by Crippen LogP contribution is 1.77. The van der Waals surface area contributed by atoms with Crippen LogP contribution in [0.5, 0.6) is 0 Å². The van der Waals surface area contributed by atoms with Crippen molar-refractivity contribution in [2.45, 2.75) is 26.7 Å². The summed E-state index contributed by atoms with van der Waals surface area (Å²) in [5, 5.41) is 4.10. The van der Waals surface area contributed by atoms with Gasteiger partial charge in [0.25, 0.3) is 0 Å². The van der Waals surface area contributed by atoms with Crippen LogP contribution in [0.2, 0.25) is 0 Å². The Morgan fingerprint density at radius 2 is 2.12 bits per heavy atom. The summed E-state index contributed by atoms with van der Waals surface area (Å²) in [5.74, 6) is 0. The fraction of sp³-hybridized carbons (Fsp3) is 0.714. The van der Waals surface area contributed by atoms with Gasteiger partial charge < -0.3 is 0 Å². The zero-order chi connectivity index (χ0) is 6.24. The minimum absolute atomic E-state index is 0.969. The first-order valence-corrected chi connectivity index (χ1v) is 3.23. The van der Waals surface area contributed by atoms with Crippen molar-refractivity contribution in [2.24, 2.45) is 0 Å². The van der Waals surface area contributed by atoms with E-state index in [4.69, 9.17) is 0 Å². The highest BCUT2D eigenvalue weighted by Gasteiger charge is 1.73. The predicted molar refractivity (Wildman–Crippen MR) is 36.7 cm³/mol. The highest BCUT2D eigenvalue weighted by atomic mass is 14.8. The SMILES string of the molecule is CCC=C[N]CCC. The Bertz CT molecular complexity index is 57.4. The highest BCUT2D eigenvalue weighted by molar-refractivity contribution is 4.76. The molecular weight excluding hydrogens is 98.1 g/mol. The minimum atomic E-state index is 0.969. The first-order chi connectivity index (χ1) is 3.91. The monoisotopic (exact) mass is 112 g/mol. The number of rotatable bonds is 4. The Hall–Kier alpha value is -0.460. The van der Waals surface area contributed by atoms with Crippen LogP contribution in [0.1, 0.15) is 26.7 Å². The van der Waals surface area contributed by atoms with Crippen LogP contribution in [0.25, 0.3) is 0 Å². The van der Waals surface area contributed by atoms with Gasteiger partial charge in [-0.15, -0.1) is 0 Å². The van der Waals surface area contributed by atoms with Gasteiger partial charge in [-0.2, -0.15) is 0 Å². The second kappa shape index (κ2) is 6.54. The third-order valence-corrected chi connectivity index (χ3v) is 0.799. The third kappa shape index (κ3) is 5.54. The summed E-state index contributed by atoms with van der Waals surface area (Å²) in [7, 11) is 0. The summed E-state index contributed by atoms with van der Waals surface area (Å²) in [6.07, 6.45) is 6.19. The molecule has 47 valence electrons. The molecule has 0 aromatic heterocycles. The molecule has 0 aliphatic heterocycles.